The third-order valence-electron chi connectivity index (χ3n) is 3.00. The van der Waals surface area contributed by atoms with Crippen LogP contribution in [0.4, 0.5) is 0 Å². The second-order valence-corrected chi connectivity index (χ2v) is 4.35. The lowest BCUT2D eigenvalue weighted by Gasteiger charge is -2.27. The molecule has 1 saturated carbocycles. The molecule has 0 saturated heterocycles. The summed E-state index contributed by atoms with van der Waals surface area (Å²) in [6.07, 6.45) is 1.02. The summed E-state index contributed by atoms with van der Waals surface area (Å²) in [5, 5.41) is 20.4. The van der Waals surface area contributed by atoms with Gasteiger partial charge < -0.3 is 15.5 Å². The highest BCUT2D eigenvalue weighted by molar-refractivity contribution is 5.89. The van der Waals surface area contributed by atoms with Gasteiger partial charge in [-0.15, -0.1) is 0 Å². The van der Waals surface area contributed by atoms with Gasteiger partial charge >= 0.3 is 5.97 Å². The Bertz CT molecular complexity index is 273. The number of hydrogen-bond donors (Lipinski definition) is 3. The van der Waals surface area contributed by atoms with Gasteiger partial charge in [-0.3, -0.25) is 9.59 Å². The van der Waals surface area contributed by atoms with Crippen molar-refractivity contribution in [3.8, 4) is 0 Å². The summed E-state index contributed by atoms with van der Waals surface area (Å²) in [4.78, 5) is 22.1. The van der Waals surface area contributed by atoms with Crippen LogP contribution in [0.2, 0.25) is 0 Å². The van der Waals surface area contributed by atoms with Crippen molar-refractivity contribution < 1.29 is 19.8 Å². The topological polar surface area (TPSA) is 86.6 Å². The van der Waals surface area contributed by atoms with Crippen LogP contribution in [0.25, 0.3) is 0 Å². The van der Waals surface area contributed by atoms with Crippen LogP contribution in [-0.4, -0.2) is 34.2 Å². The van der Waals surface area contributed by atoms with Crippen molar-refractivity contribution in [2.75, 3.05) is 6.61 Å². The van der Waals surface area contributed by atoms with E-state index in [1.165, 1.54) is 0 Å². The van der Waals surface area contributed by atoms with Gasteiger partial charge in [0.2, 0.25) is 5.91 Å². The second kappa shape index (κ2) is 4.18. The number of aliphatic hydroxyl groups is 1. The molecule has 3 N–H and O–H groups in total. The molecule has 86 valence electrons. The zero-order chi connectivity index (χ0) is 11.6. The number of amides is 1. The number of rotatable bonds is 5. The highest BCUT2D eigenvalue weighted by Gasteiger charge is 2.49. The fourth-order valence-electron chi connectivity index (χ4n) is 1.39. The minimum Gasteiger partial charge on any atom is -0.481 e. The minimum absolute atomic E-state index is 0.139. The van der Waals surface area contributed by atoms with E-state index >= 15 is 0 Å². The predicted octanol–water partition coefficient (Wildman–Crippen LogP) is -0.0157. The number of nitrogens with one attached hydrogen (secondary N) is 1. The van der Waals surface area contributed by atoms with Crippen molar-refractivity contribution in [1.29, 1.82) is 0 Å². The largest absolute Gasteiger partial charge is 0.481 e. The summed E-state index contributed by atoms with van der Waals surface area (Å²) in [6, 6.07) is 0. The number of aliphatic hydroxyl groups excluding tert-OH is 1. The monoisotopic (exact) mass is 215 g/mol. The number of carbonyl (C=O) groups is 2. The van der Waals surface area contributed by atoms with Crippen LogP contribution in [-0.2, 0) is 9.59 Å². The second-order valence-electron chi connectivity index (χ2n) is 4.35. The number of aliphatic carboxylic acids is 1. The number of hydrogen-bond acceptors (Lipinski definition) is 3. The maximum atomic E-state index is 11.6. The highest BCUT2D eigenvalue weighted by atomic mass is 16.4. The molecule has 0 spiro atoms. The van der Waals surface area contributed by atoms with Crippen molar-refractivity contribution >= 4 is 11.9 Å². The molecule has 1 aliphatic rings. The lowest BCUT2D eigenvalue weighted by Crippen LogP contribution is -2.49. The van der Waals surface area contributed by atoms with Gasteiger partial charge in [-0.05, 0) is 19.8 Å². The van der Waals surface area contributed by atoms with E-state index in [4.69, 9.17) is 10.2 Å². The van der Waals surface area contributed by atoms with Gasteiger partial charge in [-0.25, -0.2) is 0 Å². The van der Waals surface area contributed by atoms with E-state index < -0.39 is 23.3 Å². The van der Waals surface area contributed by atoms with E-state index in [0.717, 1.165) is 0 Å². The number of carboxylic acids is 1. The molecule has 0 aromatic heterocycles. The van der Waals surface area contributed by atoms with E-state index in [0.29, 0.717) is 12.8 Å². The van der Waals surface area contributed by atoms with Gasteiger partial charge in [0.15, 0.2) is 0 Å². The Morgan fingerprint density at radius 3 is 2.40 bits per heavy atom. The van der Waals surface area contributed by atoms with Crippen molar-refractivity contribution in [3.63, 3.8) is 0 Å². The SMILES string of the molecule is CCC(C)(CO)NC(=O)[C@@H]1C[C@@H]1C(=O)O. The first-order chi connectivity index (χ1) is 6.93. The quantitative estimate of drug-likeness (QED) is 0.601. The van der Waals surface area contributed by atoms with E-state index in [-0.39, 0.29) is 12.5 Å². The zero-order valence-electron chi connectivity index (χ0n) is 8.99. The Balaban J connectivity index is 2.47. The molecule has 0 aliphatic heterocycles. The zero-order valence-corrected chi connectivity index (χ0v) is 8.99. The Labute approximate surface area is 88.5 Å². The van der Waals surface area contributed by atoms with E-state index in [9.17, 15) is 9.59 Å². The predicted molar refractivity (Wildman–Crippen MR) is 53.2 cm³/mol. The van der Waals surface area contributed by atoms with Gasteiger partial charge in [-0.1, -0.05) is 6.92 Å². The van der Waals surface area contributed by atoms with Gasteiger partial charge in [0.25, 0.3) is 0 Å². The molecule has 5 heteroatoms. The molecule has 15 heavy (non-hydrogen) atoms. The average molecular weight is 215 g/mol. The van der Waals surface area contributed by atoms with Crippen LogP contribution in [0.3, 0.4) is 0 Å². The molecule has 1 fully saturated rings. The Morgan fingerprint density at radius 1 is 1.47 bits per heavy atom. The fraction of sp³-hybridized carbons (Fsp3) is 0.800. The van der Waals surface area contributed by atoms with E-state index in [2.05, 4.69) is 5.32 Å². The molecule has 1 unspecified atom stereocenters. The van der Waals surface area contributed by atoms with Gasteiger partial charge in [-0.2, -0.15) is 0 Å². The first-order valence-corrected chi connectivity index (χ1v) is 5.09. The first-order valence-electron chi connectivity index (χ1n) is 5.09. The highest BCUT2D eigenvalue weighted by Crippen LogP contribution is 2.39. The summed E-state index contributed by atoms with van der Waals surface area (Å²) in [5.74, 6) is -2.14. The van der Waals surface area contributed by atoms with Gasteiger partial charge in [0, 0.05) is 0 Å². The summed E-state index contributed by atoms with van der Waals surface area (Å²) in [6.45, 7) is 3.46. The maximum absolute atomic E-state index is 11.6. The smallest absolute Gasteiger partial charge is 0.307 e. The summed E-state index contributed by atoms with van der Waals surface area (Å²) in [5.41, 5.74) is -0.636. The van der Waals surface area contributed by atoms with Crippen LogP contribution in [0.1, 0.15) is 26.7 Å². The molecule has 5 nitrogen and oxygen atoms in total. The van der Waals surface area contributed by atoms with Crippen LogP contribution >= 0.6 is 0 Å². The molecule has 1 aliphatic carbocycles. The molecule has 0 aromatic rings. The molecule has 1 rings (SSSR count). The fourth-order valence-corrected chi connectivity index (χ4v) is 1.39. The Kier molecular flexibility index (Phi) is 3.34. The maximum Gasteiger partial charge on any atom is 0.307 e. The summed E-state index contributed by atoms with van der Waals surface area (Å²) in [7, 11) is 0. The molecular weight excluding hydrogens is 198 g/mol. The molecule has 0 heterocycles. The third-order valence-corrected chi connectivity index (χ3v) is 3.00. The minimum atomic E-state index is -0.919. The van der Waals surface area contributed by atoms with Crippen molar-refractivity contribution in [1.82, 2.24) is 5.32 Å². The molecule has 0 aromatic carbocycles. The van der Waals surface area contributed by atoms with Crippen LogP contribution in [0.15, 0.2) is 0 Å². The normalized spacial score (nSPS) is 27.9. The van der Waals surface area contributed by atoms with E-state index in [1.807, 2.05) is 6.92 Å². The van der Waals surface area contributed by atoms with Crippen molar-refractivity contribution in [2.45, 2.75) is 32.2 Å². The molecule has 1 amide bonds. The third kappa shape index (κ3) is 2.68. The Morgan fingerprint density at radius 2 is 2.07 bits per heavy atom. The first kappa shape index (κ1) is 12.0. The summed E-state index contributed by atoms with van der Waals surface area (Å²) >= 11 is 0. The lowest BCUT2D eigenvalue weighted by molar-refractivity contribution is -0.140. The van der Waals surface area contributed by atoms with Crippen LogP contribution < -0.4 is 5.32 Å². The molecular formula is C10H17NO4. The molecule has 0 radical (unpaired) electrons. The molecule has 3 atom stereocenters. The molecule has 0 bridgehead atoms. The van der Waals surface area contributed by atoms with Crippen LogP contribution in [0, 0.1) is 11.8 Å². The van der Waals surface area contributed by atoms with Crippen molar-refractivity contribution in [2.24, 2.45) is 11.8 Å². The Hall–Kier alpha value is -1.10. The van der Waals surface area contributed by atoms with Crippen LogP contribution in [0.5, 0.6) is 0 Å². The summed E-state index contributed by atoms with van der Waals surface area (Å²) < 4.78 is 0. The van der Waals surface area contributed by atoms with Gasteiger partial charge in [0.05, 0.1) is 24.0 Å². The van der Waals surface area contributed by atoms with Gasteiger partial charge in [0.1, 0.15) is 0 Å². The standard InChI is InChI=1S/C10H17NO4/c1-3-10(2,5-12)11-8(13)6-4-7(6)9(14)15/h6-7,12H,3-5H2,1-2H3,(H,11,13)(H,14,15)/t6-,7+,10?/m1/s1. The lowest BCUT2D eigenvalue weighted by atomic mass is 10.00. The number of carboxylic acid groups (broad SMARTS) is 1. The van der Waals surface area contributed by atoms with E-state index in [1.54, 1.807) is 6.92 Å². The average Bonchev–Trinajstić information content (AvgIpc) is 2.97. The van der Waals surface area contributed by atoms with Crippen molar-refractivity contribution in [3.05, 3.63) is 0 Å². The number of carbonyl (C=O) groups excluding carboxylic acids is 1.